The Morgan fingerprint density at radius 1 is 1.24 bits per heavy atom. The normalized spacial score (nSPS) is 19.2. The van der Waals surface area contributed by atoms with E-state index in [9.17, 15) is 0 Å². The highest BCUT2D eigenvalue weighted by Crippen LogP contribution is 2.35. The Hall–Kier alpha value is -0.280. The van der Waals surface area contributed by atoms with Gasteiger partial charge in [-0.2, -0.15) is 0 Å². The molecular formula is C13H18Cl2N2. The van der Waals surface area contributed by atoms with Crippen molar-refractivity contribution in [1.82, 2.24) is 10.2 Å². The van der Waals surface area contributed by atoms with Gasteiger partial charge in [-0.05, 0) is 18.6 Å². The van der Waals surface area contributed by atoms with Crippen LogP contribution in [0.15, 0.2) is 18.2 Å². The maximum atomic E-state index is 6.30. The zero-order chi connectivity index (χ0) is 12.3. The lowest BCUT2D eigenvalue weighted by molar-refractivity contribution is 0.169. The third kappa shape index (κ3) is 2.94. The fourth-order valence-electron chi connectivity index (χ4n) is 2.47. The lowest BCUT2D eigenvalue weighted by Gasteiger charge is -2.35. The van der Waals surface area contributed by atoms with Gasteiger partial charge in [0.2, 0.25) is 0 Å². The Morgan fingerprint density at radius 3 is 2.35 bits per heavy atom. The average Bonchev–Trinajstić information content (AvgIpc) is 2.35. The maximum absolute atomic E-state index is 6.30. The van der Waals surface area contributed by atoms with Crippen LogP contribution in [0.5, 0.6) is 0 Å². The summed E-state index contributed by atoms with van der Waals surface area (Å²) in [5.74, 6) is 0. The van der Waals surface area contributed by atoms with Crippen molar-refractivity contribution in [2.24, 2.45) is 0 Å². The van der Waals surface area contributed by atoms with E-state index in [4.69, 9.17) is 23.2 Å². The van der Waals surface area contributed by atoms with E-state index in [0.717, 1.165) is 48.2 Å². The second-order valence-corrected chi connectivity index (χ2v) is 5.16. The molecule has 0 aromatic heterocycles. The summed E-state index contributed by atoms with van der Waals surface area (Å²) in [6.07, 6.45) is 1.03. The maximum Gasteiger partial charge on any atom is 0.0468 e. The predicted octanol–water partition coefficient (Wildman–Crippen LogP) is 3.35. The molecule has 1 aromatic rings. The summed E-state index contributed by atoms with van der Waals surface area (Å²) in [5, 5.41) is 4.93. The molecule has 2 rings (SSSR count). The lowest BCUT2D eigenvalue weighted by Crippen LogP contribution is -2.45. The van der Waals surface area contributed by atoms with Crippen LogP contribution in [-0.2, 0) is 0 Å². The van der Waals surface area contributed by atoms with E-state index in [1.807, 2.05) is 18.2 Å². The van der Waals surface area contributed by atoms with Gasteiger partial charge >= 0.3 is 0 Å². The molecular weight excluding hydrogens is 255 g/mol. The summed E-state index contributed by atoms with van der Waals surface area (Å²) in [6.45, 7) is 6.38. The molecule has 1 aromatic carbocycles. The number of hydrogen-bond acceptors (Lipinski definition) is 2. The van der Waals surface area contributed by atoms with Crippen LogP contribution in [-0.4, -0.2) is 31.1 Å². The van der Waals surface area contributed by atoms with E-state index < -0.39 is 0 Å². The van der Waals surface area contributed by atoms with Gasteiger partial charge in [0.25, 0.3) is 0 Å². The van der Waals surface area contributed by atoms with Gasteiger partial charge in [-0.15, -0.1) is 0 Å². The summed E-state index contributed by atoms with van der Waals surface area (Å²) in [5.41, 5.74) is 1.08. The van der Waals surface area contributed by atoms with Gasteiger partial charge in [-0.25, -0.2) is 0 Å². The number of piperazine rings is 1. The van der Waals surface area contributed by atoms with Gasteiger partial charge in [-0.3, -0.25) is 4.90 Å². The SMILES string of the molecule is CC[C@@H](c1c(Cl)cccc1Cl)N1CCNCC1. The number of halogens is 2. The molecule has 1 N–H and O–H groups in total. The Kier molecular flexibility index (Phi) is 4.69. The molecule has 0 bridgehead atoms. The van der Waals surface area contributed by atoms with E-state index >= 15 is 0 Å². The number of benzene rings is 1. The molecule has 1 atom stereocenters. The van der Waals surface area contributed by atoms with Crippen LogP contribution >= 0.6 is 23.2 Å². The van der Waals surface area contributed by atoms with Crippen molar-refractivity contribution in [1.29, 1.82) is 0 Å². The zero-order valence-corrected chi connectivity index (χ0v) is 11.6. The van der Waals surface area contributed by atoms with E-state index in [0.29, 0.717) is 6.04 Å². The molecule has 0 amide bonds. The second kappa shape index (κ2) is 6.05. The Balaban J connectivity index is 2.27. The van der Waals surface area contributed by atoms with Gasteiger partial charge in [0, 0.05) is 47.8 Å². The van der Waals surface area contributed by atoms with E-state index in [1.54, 1.807) is 0 Å². The number of nitrogens with zero attached hydrogens (tertiary/aromatic N) is 1. The molecule has 0 saturated carbocycles. The second-order valence-electron chi connectivity index (χ2n) is 4.35. The van der Waals surface area contributed by atoms with Crippen LogP contribution < -0.4 is 5.32 Å². The molecule has 1 aliphatic rings. The number of nitrogens with one attached hydrogen (secondary N) is 1. The Morgan fingerprint density at radius 2 is 1.82 bits per heavy atom. The molecule has 1 fully saturated rings. The summed E-state index contributed by atoms with van der Waals surface area (Å²) >= 11 is 12.6. The van der Waals surface area contributed by atoms with Crippen LogP contribution in [0.2, 0.25) is 10.0 Å². The first kappa shape index (κ1) is 13.2. The summed E-state index contributed by atoms with van der Waals surface area (Å²) < 4.78 is 0. The van der Waals surface area contributed by atoms with Gasteiger partial charge in [0.15, 0.2) is 0 Å². The van der Waals surface area contributed by atoms with Crippen LogP contribution in [0.4, 0.5) is 0 Å². The average molecular weight is 273 g/mol. The van der Waals surface area contributed by atoms with Gasteiger partial charge in [0.05, 0.1) is 0 Å². The van der Waals surface area contributed by atoms with Crippen molar-refractivity contribution in [3.05, 3.63) is 33.8 Å². The van der Waals surface area contributed by atoms with Gasteiger partial charge in [-0.1, -0.05) is 36.2 Å². The highest BCUT2D eigenvalue weighted by molar-refractivity contribution is 6.36. The number of rotatable bonds is 3. The van der Waals surface area contributed by atoms with Crippen molar-refractivity contribution < 1.29 is 0 Å². The summed E-state index contributed by atoms with van der Waals surface area (Å²) in [7, 11) is 0. The minimum Gasteiger partial charge on any atom is -0.314 e. The topological polar surface area (TPSA) is 15.3 Å². The summed E-state index contributed by atoms with van der Waals surface area (Å²) in [4.78, 5) is 2.46. The molecule has 0 aliphatic carbocycles. The third-order valence-corrected chi connectivity index (χ3v) is 3.97. The summed E-state index contributed by atoms with van der Waals surface area (Å²) in [6, 6.07) is 6.08. The smallest absolute Gasteiger partial charge is 0.0468 e. The molecule has 1 saturated heterocycles. The molecule has 1 heterocycles. The van der Waals surface area contributed by atoms with E-state index in [2.05, 4.69) is 17.1 Å². The van der Waals surface area contributed by atoms with Crippen molar-refractivity contribution in [2.45, 2.75) is 19.4 Å². The number of hydrogen-bond donors (Lipinski definition) is 1. The molecule has 94 valence electrons. The fraction of sp³-hybridized carbons (Fsp3) is 0.538. The minimum atomic E-state index is 0.332. The van der Waals surface area contributed by atoms with Crippen molar-refractivity contribution >= 4 is 23.2 Å². The lowest BCUT2D eigenvalue weighted by atomic mass is 10.0. The third-order valence-electron chi connectivity index (χ3n) is 3.31. The molecule has 0 unspecified atom stereocenters. The Labute approximate surface area is 113 Å². The fourth-order valence-corrected chi connectivity index (χ4v) is 3.12. The first-order chi connectivity index (χ1) is 8.24. The van der Waals surface area contributed by atoms with E-state index in [1.165, 1.54) is 0 Å². The molecule has 0 spiro atoms. The van der Waals surface area contributed by atoms with Crippen LogP contribution in [0.25, 0.3) is 0 Å². The Bertz CT molecular complexity index is 355. The molecule has 2 nitrogen and oxygen atoms in total. The quantitative estimate of drug-likeness (QED) is 0.908. The first-order valence-corrected chi connectivity index (χ1v) is 6.88. The van der Waals surface area contributed by atoms with Crippen molar-refractivity contribution in [3.8, 4) is 0 Å². The molecule has 17 heavy (non-hydrogen) atoms. The van der Waals surface area contributed by atoms with Crippen molar-refractivity contribution in [2.75, 3.05) is 26.2 Å². The van der Waals surface area contributed by atoms with Gasteiger partial charge < -0.3 is 5.32 Å². The standard InChI is InChI=1S/C13H18Cl2N2/c1-2-12(17-8-6-16-7-9-17)13-10(14)4-3-5-11(13)15/h3-5,12,16H,2,6-9H2,1H3/t12-/m0/s1. The van der Waals surface area contributed by atoms with Gasteiger partial charge in [0.1, 0.15) is 0 Å². The monoisotopic (exact) mass is 272 g/mol. The molecule has 4 heteroatoms. The highest BCUT2D eigenvalue weighted by Gasteiger charge is 2.24. The highest BCUT2D eigenvalue weighted by atomic mass is 35.5. The van der Waals surface area contributed by atoms with Crippen LogP contribution in [0, 0.1) is 0 Å². The minimum absolute atomic E-state index is 0.332. The largest absolute Gasteiger partial charge is 0.314 e. The zero-order valence-electron chi connectivity index (χ0n) is 10.0. The molecule has 0 radical (unpaired) electrons. The molecule has 1 aliphatic heterocycles. The van der Waals surface area contributed by atoms with E-state index in [-0.39, 0.29) is 0 Å². The van der Waals surface area contributed by atoms with Crippen LogP contribution in [0.3, 0.4) is 0 Å². The van der Waals surface area contributed by atoms with Crippen molar-refractivity contribution in [3.63, 3.8) is 0 Å². The predicted molar refractivity (Wildman–Crippen MR) is 73.9 cm³/mol. The van der Waals surface area contributed by atoms with Crippen LogP contribution in [0.1, 0.15) is 24.9 Å². The first-order valence-electron chi connectivity index (χ1n) is 6.12.